The molecule has 156 valence electrons. The third-order valence-corrected chi connectivity index (χ3v) is 5.55. The van der Waals surface area contributed by atoms with Crippen LogP contribution in [0.5, 0.6) is 11.5 Å². The minimum absolute atomic E-state index is 0.106. The highest BCUT2D eigenvalue weighted by Crippen LogP contribution is 2.37. The minimum Gasteiger partial charge on any atom is -0.493 e. The monoisotopic (exact) mass is 445 g/mol. The Kier molecular flexibility index (Phi) is 6.97. The fraction of sp³-hybridized carbons (Fsp3) is 0.182. The van der Waals surface area contributed by atoms with Crippen molar-refractivity contribution in [1.29, 1.82) is 0 Å². The molecule has 1 amide bonds. The maximum Gasteiger partial charge on any atom is 0.341 e. The first-order valence-corrected chi connectivity index (χ1v) is 10.2. The van der Waals surface area contributed by atoms with Gasteiger partial charge in [-0.3, -0.25) is 4.79 Å². The van der Waals surface area contributed by atoms with E-state index in [4.69, 9.17) is 25.8 Å². The standard InChI is InChI=1S/C22H20ClNO5S/c1-27-17-9-4-13(10-18(17)28-2)11-19(25)24-21-20(22(26)29-3)16(12-30-21)14-5-7-15(23)8-6-14/h4-10,12H,11H2,1-3H3,(H,24,25). The molecule has 0 aliphatic rings. The lowest BCUT2D eigenvalue weighted by molar-refractivity contribution is -0.115. The van der Waals surface area contributed by atoms with Crippen LogP contribution < -0.4 is 14.8 Å². The maximum absolute atomic E-state index is 12.6. The third kappa shape index (κ3) is 4.75. The molecule has 0 unspecified atom stereocenters. The van der Waals surface area contributed by atoms with E-state index in [9.17, 15) is 9.59 Å². The number of esters is 1. The molecular formula is C22H20ClNO5S. The van der Waals surface area contributed by atoms with Crippen LogP contribution in [0.25, 0.3) is 11.1 Å². The number of anilines is 1. The molecular weight excluding hydrogens is 426 g/mol. The van der Waals surface area contributed by atoms with Gasteiger partial charge in [-0.1, -0.05) is 29.8 Å². The molecule has 1 N–H and O–H groups in total. The Balaban J connectivity index is 1.84. The molecule has 0 radical (unpaired) electrons. The third-order valence-electron chi connectivity index (χ3n) is 4.40. The number of ether oxygens (including phenoxy) is 3. The zero-order valence-electron chi connectivity index (χ0n) is 16.7. The van der Waals surface area contributed by atoms with E-state index in [1.807, 2.05) is 17.5 Å². The van der Waals surface area contributed by atoms with Crippen LogP contribution in [0.15, 0.2) is 47.8 Å². The van der Waals surface area contributed by atoms with E-state index < -0.39 is 5.97 Å². The van der Waals surface area contributed by atoms with E-state index >= 15 is 0 Å². The first-order valence-electron chi connectivity index (χ1n) is 8.93. The summed E-state index contributed by atoms with van der Waals surface area (Å²) in [4.78, 5) is 25.1. The summed E-state index contributed by atoms with van der Waals surface area (Å²) < 4.78 is 15.4. The second-order valence-corrected chi connectivity index (χ2v) is 7.58. The van der Waals surface area contributed by atoms with Gasteiger partial charge in [-0.25, -0.2) is 4.79 Å². The molecule has 1 aromatic heterocycles. The summed E-state index contributed by atoms with van der Waals surface area (Å²) in [6, 6.07) is 12.4. The van der Waals surface area contributed by atoms with Crippen molar-refractivity contribution in [3.05, 3.63) is 64.0 Å². The van der Waals surface area contributed by atoms with Crippen LogP contribution in [-0.2, 0) is 16.0 Å². The van der Waals surface area contributed by atoms with E-state index in [1.54, 1.807) is 37.4 Å². The summed E-state index contributed by atoms with van der Waals surface area (Å²) >= 11 is 7.22. The number of carbonyl (C=O) groups excluding carboxylic acids is 2. The number of hydrogen-bond acceptors (Lipinski definition) is 6. The number of hydrogen-bond donors (Lipinski definition) is 1. The summed E-state index contributed by atoms with van der Waals surface area (Å²) in [6.45, 7) is 0. The number of halogens is 1. The highest BCUT2D eigenvalue weighted by atomic mass is 35.5. The number of thiophene rings is 1. The summed E-state index contributed by atoms with van der Waals surface area (Å²) in [7, 11) is 4.39. The predicted octanol–water partition coefficient (Wildman–Crippen LogP) is 5.05. The Morgan fingerprint density at radius 3 is 2.33 bits per heavy atom. The van der Waals surface area contributed by atoms with Gasteiger partial charge in [0.15, 0.2) is 11.5 Å². The normalized spacial score (nSPS) is 10.4. The first-order chi connectivity index (χ1) is 14.5. The summed E-state index contributed by atoms with van der Waals surface area (Å²) in [5.74, 6) is 0.333. The van der Waals surface area contributed by atoms with E-state index in [-0.39, 0.29) is 12.3 Å². The summed E-state index contributed by atoms with van der Waals surface area (Å²) in [5.41, 5.74) is 2.53. The van der Waals surface area contributed by atoms with Gasteiger partial charge in [0.25, 0.3) is 0 Å². The smallest absolute Gasteiger partial charge is 0.341 e. The van der Waals surface area contributed by atoms with Crippen LogP contribution in [0.3, 0.4) is 0 Å². The Morgan fingerprint density at radius 2 is 1.70 bits per heavy atom. The quantitative estimate of drug-likeness (QED) is 0.515. The number of rotatable bonds is 7. The second-order valence-electron chi connectivity index (χ2n) is 6.27. The molecule has 30 heavy (non-hydrogen) atoms. The van der Waals surface area contributed by atoms with Crippen molar-refractivity contribution < 1.29 is 23.8 Å². The molecule has 3 rings (SSSR count). The van der Waals surface area contributed by atoms with Crippen molar-refractivity contribution >= 4 is 39.8 Å². The van der Waals surface area contributed by atoms with Crippen molar-refractivity contribution in [3.63, 3.8) is 0 Å². The molecule has 0 saturated carbocycles. The molecule has 3 aromatic rings. The molecule has 6 nitrogen and oxygen atoms in total. The van der Waals surface area contributed by atoms with Gasteiger partial charge in [0.05, 0.1) is 27.8 Å². The topological polar surface area (TPSA) is 73.9 Å². The van der Waals surface area contributed by atoms with Gasteiger partial charge in [-0.15, -0.1) is 11.3 Å². The lowest BCUT2D eigenvalue weighted by Gasteiger charge is -2.10. The molecule has 0 spiro atoms. The number of methoxy groups -OCH3 is 3. The fourth-order valence-electron chi connectivity index (χ4n) is 2.94. The predicted molar refractivity (Wildman–Crippen MR) is 118 cm³/mol. The maximum atomic E-state index is 12.6. The zero-order valence-corrected chi connectivity index (χ0v) is 18.2. The lowest BCUT2D eigenvalue weighted by Crippen LogP contribution is -2.16. The molecule has 8 heteroatoms. The van der Waals surface area contributed by atoms with E-state index in [0.29, 0.717) is 32.6 Å². The molecule has 0 aliphatic heterocycles. The van der Waals surface area contributed by atoms with Gasteiger partial charge < -0.3 is 19.5 Å². The van der Waals surface area contributed by atoms with Crippen LogP contribution in [-0.4, -0.2) is 33.2 Å². The molecule has 0 fully saturated rings. The molecule has 1 heterocycles. The van der Waals surface area contributed by atoms with E-state index in [1.165, 1.54) is 25.6 Å². The van der Waals surface area contributed by atoms with Crippen LogP contribution in [0.1, 0.15) is 15.9 Å². The van der Waals surface area contributed by atoms with E-state index in [2.05, 4.69) is 5.32 Å². The fourth-order valence-corrected chi connectivity index (χ4v) is 4.04. The number of amides is 1. The SMILES string of the molecule is COC(=O)c1c(-c2ccc(Cl)cc2)csc1NC(=O)Cc1ccc(OC)c(OC)c1. The highest BCUT2D eigenvalue weighted by molar-refractivity contribution is 7.15. The van der Waals surface area contributed by atoms with Crippen molar-refractivity contribution in [3.8, 4) is 22.6 Å². The first kappa shape index (κ1) is 21.7. The Hall–Kier alpha value is -3.03. The van der Waals surface area contributed by atoms with E-state index in [0.717, 1.165) is 11.1 Å². The van der Waals surface area contributed by atoms with Crippen LogP contribution in [0.2, 0.25) is 5.02 Å². The van der Waals surface area contributed by atoms with Gasteiger partial charge >= 0.3 is 5.97 Å². The van der Waals surface area contributed by atoms with Gasteiger partial charge in [0.2, 0.25) is 5.91 Å². The molecule has 2 aromatic carbocycles. The van der Waals surface area contributed by atoms with Gasteiger partial charge in [0, 0.05) is 16.0 Å². The Bertz CT molecular complexity index is 1060. The summed E-state index contributed by atoms with van der Waals surface area (Å²) in [6.07, 6.45) is 0.106. The van der Waals surface area contributed by atoms with Crippen LogP contribution in [0, 0.1) is 0 Å². The Morgan fingerprint density at radius 1 is 1.00 bits per heavy atom. The average molecular weight is 446 g/mol. The molecule has 0 saturated heterocycles. The van der Waals surface area contributed by atoms with Gasteiger partial charge in [-0.05, 0) is 35.4 Å². The largest absolute Gasteiger partial charge is 0.493 e. The van der Waals surface area contributed by atoms with Crippen molar-refractivity contribution in [1.82, 2.24) is 0 Å². The molecule has 0 atom stereocenters. The van der Waals surface area contributed by atoms with Crippen LogP contribution in [0.4, 0.5) is 5.00 Å². The lowest BCUT2D eigenvalue weighted by atomic mass is 10.0. The zero-order chi connectivity index (χ0) is 21.7. The molecule has 0 aliphatic carbocycles. The van der Waals surface area contributed by atoms with Crippen LogP contribution >= 0.6 is 22.9 Å². The van der Waals surface area contributed by atoms with Gasteiger partial charge in [-0.2, -0.15) is 0 Å². The van der Waals surface area contributed by atoms with Gasteiger partial charge in [0.1, 0.15) is 10.6 Å². The van der Waals surface area contributed by atoms with Crippen molar-refractivity contribution in [2.24, 2.45) is 0 Å². The minimum atomic E-state index is -0.525. The summed E-state index contributed by atoms with van der Waals surface area (Å²) in [5, 5.41) is 5.65. The number of benzene rings is 2. The second kappa shape index (κ2) is 9.65. The number of carbonyl (C=O) groups is 2. The molecule has 0 bridgehead atoms. The highest BCUT2D eigenvalue weighted by Gasteiger charge is 2.22. The Labute approximate surface area is 183 Å². The average Bonchev–Trinajstić information content (AvgIpc) is 3.16. The van der Waals surface area contributed by atoms with Crippen molar-refractivity contribution in [2.75, 3.05) is 26.6 Å². The number of nitrogens with one attached hydrogen (secondary N) is 1. The van der Waals surface area contributed by atoms with Crippen molar-refractivity contribution in [2.45, 2.75) is 6.42 Å².